The number of carbonyl (C=O) groups is 2. The van der Waals surface area contributed by atoms with Crippen molar-refractivity contribution in [2.45, 2.75) is 12.5 Å². The highest BCUT2D eigenvalue weighted by Crippen LogP contribution is 2.09. The number of primary amides is 1. The van der Waals surface area contributed by atoms with Gasteiger partial charge in [0, 0.05) is 7.05 Å². The van der Waals surface area contributed by atoms with E-state index in [9.17, 15) is 9.59 Å². The lowest BCUT2D eigenvalue weighted by Gasteiger charge is -2.20. The first kappa shape index (κ1) is 13.0. The minimum absolute atomic E-state index is 0.0997. The minimum Gasteiger partial charge on any atom is -0.469 e. The molecule has 1 atom stereocenters. The number of nitrogens with two attached hydrogens (primary N) is 1. The molecule has 0 aliphatic rings. The second kappa shape index (κ2) is 5.90. The van der Waals surface area contributed by atoms with E-state index in [1.54, 1.807) is 12.1 Å². The van der Waals surface area contributed by atoms with E-state index in [0.29, 0.717) is 5.76 Å². The molecule has 0 aliphatic heterocycles. The first-order chi connectivity index (χ1) is 8.04. The Kier molecular flexibility index (Phi) is 4.53. The van der Waals surface area contributed by atoms with Crippen LogP contribution in [0.4, 0.5) is 4.79 Å². The summed E-state index contributed by atoms with van der Waals surface area (Å²) >= 11 is 0. The number of rotatable bonds is 5. The summed E-state index contributed by atoms with van der Waals surface area (Å²) in [5.41, 5.74) is 4.90. The van der Waals surface area contributed by atoms with Crippen molar-refractivity contribution in [3.8, 4) is 0 Å². The molecule has 0 bridgehead atoms. The van der Waals surface area contributed by atoms with Crippen LogP contribution in [0.25, 0.3) is 0 Å². The van der Waals surface area contributed by atoms with E-state index >= 15 is 0 Å². The largest absolute Gasteiger partial charge is 0.469 e. The third-order valence-corrected chi connectivity index (χ3v) is 2.08. The normalized spacial score (nSPS) is 11.9. The van der Waals surface area contributed by atoms with Crippen LogP contribution in [0, 0.1) is 0 Å². The number of likely N-dealkylation sites (N-methyl/N-ethyl adjacent to an activating group) is 1. The number of amides is 2. The Balaban J connectivity index is 2.73. The molecule has 0 aliphatic carbocycles. The SMILES string of the molecule is CON(C)C(=O)C(Cc1ccco1)OC(N)=O. The standard InChI is InChI=1S/C10H14N2O5/c1-12(15-2)9(13)8(17-10(11)14)6-7-4-3-5-16-7/h3-5,8H,6H2,1-2H3,(H2,11,14). The fourth-order valence-electron chi connectivity index (χ4n) is 1.22. The van der Waals surface area contributed by atoms with Crippen molar-refractivity contribution < 1.29 is 23.6 Å². The lowest BCUT2D eigenvalue weighted by molar-refractivity contribution is -0.177. The molecule has 1 aromatic rings. The summed E-state index contributed by atoms with van der Waals surface area (Å²) in [5.74, 6) is -0.0168. The monoisotopic (exact) mass is 242 g/mol. The molecule has 1 rings (SSSR count). The van der Waals surface area contributed by atoms with Crippen molar-refractivity contribution in [1.29, 1.82) is 0 Å². The third kappa shape index (κ3) is 3.80. The van der Waals surface area contributed by atoms with E-state index in [1.807, 2.05) is 0 Å². The maximum absolute atomic E-state index is 11.8. The van der Waals surface area contributed by atoms with Gasteiger partial charge in [0.25, 0.3) is 5.91 Å². The van der Waals surface area contributed by atoms with Gasteiger partial charge in [0.15, 0.2) is 6.10 Å². The van der Waals surface area contributed by atoms with E-state index in [1.165, 1.54) is 20.4 Å². The molecule has 7 nitrogen and oxygen atoms in total. The predicted octanol–water partition coefficient (Wildman–Crippen LogP) is 0.306. The van der Waals surface area contributed by atoms with Crippen molar-refractivity contribution in [3.05, 3.63) is 24.2 Å². The highest BCUT2D eigenvalue weighted by atomic mass is 16.7. The summed E-state index contributed by atoms with van der Waals surface area (Å²) in [6, 6.07) is 3.33. The number of furan rings is 1. The second-order valence-corrected chi connectivity index (χ2v) is 3.23. The van der Waals surface area contributed by atoms with E-state index < -0.39 is 18.1 Å². The molecule has 1 unspecified atom stereocenters. The molecule has 0 fully saturated rings. The Morgan fingerprint density at radius 2 is 2.29 bits per heavy atom. The van der Waals surface area contributed by atoms with Crippen LogP contribution in [0.3, 0.4) is 0 Å². The molecule has 94 valence electrons. The first-order valence-corrected chi connectivity index (χ1v) is 4.84. The predicted molar refractivity (Wildman–Crippen MR) is 56.6 cm³/mol. The van der Waals surface area contributed by atoms with Gasteiger partial charge in [-0.05, 0) is 12.1 Å². The maximum atomic E-state index is 11.8. The van der Waals surface area contributed by atoms with Gasteiger partial charge in [-0.2, -0.15) is 0 Å². The lowest BCUT2D eigenvalue weighted by Crippen LogP contribution is -2.40. The molecular weight excluding hydrogens is 228 g/mol. The number of nitrogens with zero attached hydrogens (tertiary/aromatic N) is 1. The molecule has 0 saturated carbocycles. The molecule has 0 saturated heterocycles. The molecule has 0 aromatic carbocycles. The summed E-state index contributed by atoms with van der Waals surface area (Å²) in [7, 11) is 2.73. The molecule has 2 amide bonds. The molecule has 17 heavy (non-hydrogen) atoms. The molecule has 2 N–H and O–H groups in total. The third-order valence-electron chi connectivity index (χ3n) is 2.08. The van der Waals surface area contributed by atoms with Gasteiger partial charge < -0.3 is 14.9 Å². The summed E-state index contributed by atoms with van der Waals surface area (Å²) < 4.78 is 9.78. The van der Waals surface area contributed by atoms with Gasteiger partial charge in [-0.25, -0.2) is 9.86 Å². The highest BCUT2D eigenvalue weighted by Gasteiger charge is 2.27. The Labute approximate surface area is 98.0 Å². The number of carbonyl (C=O) groups excluding carboxylic acids is 2. The van der Waals surface area contributed by atoms with Gasteiger partial charge in [0.2, 0.25) is 0 Å². The van der Waals surface area contributed by atoms with Gasteiger partial charge in [-0.1, -0.05) is 0 Å². The smallest absolute Gasteiger partial charge is 0.405 e. The molecule has 1 heterocycles. The summed E-state index contributed by atoms with van der Waals surface area (Å²) in [4.78, 5) is 27.2. The molecule has 7 heteroatoms. The van der Waals surface area contributed by atoms with E-state index in [4.69, 9.17) is 19.7 Å². The zero-order valence-corrected chi connectivity index (χ0v) is 9.58. The van der Waals surface area contributed by atoms with Crippen molar-refractivity contribution in [3.63, 3.8) is 0 Å². The van der Waals surface area contributed by atoms with E-state index in [2.05, 4.69) is 0 Å². The molecule has 0 radical (unpaired) electrons. The van der Waals surface area contributed by atoms with Crippen LogP contribution >= 0.6 is 0 Å². The topological polar surface area (TPSA) is 95.0 Å². The van der Waals surface area contributed by atoms with Crippen LogP contribution in [-0.4, -0.2) is 37.3 Å². The Morgan fingerprint density at radius 3 is 2.76 bits per heavy atom. The van der Waals surface area contributed by atoms with E-state index in [-0.39, 0.29) is 6.42 Å². The van der Waals surface area contributed by atoms with Crippen molar-refractivity contribution >= 4 is 12.0 Å². The Bertz CT molecular complexity index is 376. The second-order valence-electron chi connectivity index (χ2n) is 3.23. The fraction of sp³-hybridized carbons (Fsp3) is 0.400. The molecule has 0 spiro atoms. The molecule has 1 aromatic heterocycles. The quantitative estimate of drug-likeness (QED) is 0.749. The number of hydroxylamine groups is 2. The summed E-state index contributed by atoms with van der Waals surface area (Å²) in [6.07, 6.45) is -0.535. The number of hydrogen-bond donors (Lipinski definition) is 1. The van der Waals surface area contributed by atoms with E-state index in [0.717, 1.165) is 5.06 Å². The average Bonchev–Trinajstić information content (AvgIpc) is 2.78. The van der Waals surface area contributed by atoms with Crippen LogP contribution in [0.1, 0.15) is 5.76 Å². The zero-order chi connectivity index (χ0) is 12.8. The lowest BCUT2D eigenvalue weighted by atomic mass is 10.2. The fourth-order valence-corrected chi connectivity index (χ4v) is 1.22. The van der Waals surface area contributed by atoms with Crippen molar-refractivity contribution in [2.24, 2.45) is 5.73 Å². The minimum atomic E-state index is -1.07. The zero-order valence-electron chi connectivity index (χ0n) is 9.58. The number of ether oxygens (including phenoxy) is 1. The van der Waals surface area contributed by atoms with Crippen LogP contribution in [0.15, 0.2) is 22.8 Å². The van der Waals surface area contributed by atoms with Gasteiger partial charge in [-0.3, -0.25) is 9.63 Å². The maximum Gasteiger partial charge on any atom is 0.405 e. The Morgan fingerprint density at radius 1 is 1.59 bits per heavy atom. The van der Waals surface area contributed by atoms with Crippen LogP contribution in [0.2, 0.25) is 0 Å². The highest BCUT2D eigenvalue weighted by molar-refractivity contribution is 5.82. The van der Waals surface area contributed by atoms with Crippen LogP contribution in [0.5, 0.6) is 0 Å². The molecular formula is C10H14N2O5. The summed E-state index contributed by atoms with van der Waals surface area (Å²) in [6.45, 7) is 0. The van der Waals surface area contributed by atoms with Gasteiger partial charge in [-0.15, -0.1) is 0 Å². The van der Waals surface area contributed by atoms with Gasteiger partial charge >= 0.3 is 6.09 Å². The summed E-state index contributed by atoms with van der Waals surface area (Å²) in [5, 5.41) is 0.955. The van der Waals surface area contributed by atoms with Gasteiger partial charge in [0.1, 0.15) is 5.76 Å². The van der Waals surface area contributed by atoms with Crippen LogP contribution in [-0.2, 0) is 20.8 Å². The number of hydrogen-bond acceptors (Lipinski definition) is 5. The average molecular weight is 242 g/mol. The van der Waals surface area contributed by atoms with Crippen molar-refractivity contribution in [1.82, 2.24) is 5.06 Å². The van der Waals surface area contributed by atoms with Crippen molar-refractivity contribution in [2.75, 3.05) is 14.2 Å². The van der Waals surface area contributed by atoms with Gasteiger partial charge in [0.05, 0.1) is 19.8 Å². The first-order valence-electron chi connectivity index (χ1n) is 4.84. The Hall–Kier alpha value is -2.02. The van der Waals surface area contributed by atoms with Crippen LogP contribution < -0.4 is 5.73 Å².